The molecule has 6 nitrogen and oxygen atoms in total. The number of carbonyl (C=O) groups excluding carboxylic acids is 2. The molecule has 3 aromatic rings. The first kappa shape index (κ1) is 23.4. The van der Waals surface area contributed by atoms with E-state index in [-0.39, 0.29) is 17.4 Å². The Kier molecular flexibility index (Phi) is 6.09. The molecule has 1 atom stereocenters. The zero-order chi connectivity index (χ0) is 24.7. The van der Waals surface area contributed by atoms with Crippen LogP contribution in [0.25, 0.3) is 5.76 Å². The SMILES string of the molecule is Cc1ccc(C)c(N2C(=O)C(=O)/C(=C(\O)c3ccc(OC(C)C)c(C)c3)C2c2ccc(C)o2)c1. The van der Waals surface area contributed by atoms with Crippen molar-refractivity contribution in [2.45, 2.75) is 53.7 Å². The van der Waals surface area contributed by atoms with Gasteiger partial charge in [-0.05, 0) is 94.6 Å². The maximum atomic E-state index is 13.3. The summed E-state index contributed by atoms with van der Waals surface area (Å²) in [4.78, 5) is 28.1. The van der Waals surface area contributed by atoms with Crippen LogP contribution in [0.2, 0.25) is 0 Å². The zero-order valence-electron chi connectivity index (χ0n) is 20.3. The number of hydrogen-bond donors (Lipinski definition) is 1. The van der Waals surface area contributed by atoms with E-state index in [0.717, 1.165) is 16.7 Å². The Labute approximate surface area is 199 Å². The molecule has 1 aliphatic rings. The minimum atomic E-state index is -0.888. The molecule has 1 aliphatic heterocycles. The molecule has 2 heterocycles. The fourth-order valence-electron chi connectivity index (χ4n) is 4.27. The Bertz CT molecular complexity index is 1310. The van der Waals surface area contributed by atoms with Gasteiger partial charge in [0, 0.05) is 11.3 Å². The Morgan fingerprint density at radius 1 is 0.971 bits per heavy atom. The van der Waals surface area contributed by atoms with E-state index in [1.165, 1.54) is 4.90 Å². The van der Waals surface area contributed by atoms with Crippen LogP contribution < -0.4 is 9.64 Å². The molecular weight excluding hydrogens is 430 g/mol. The molecule has 1 amide bonds. The van der Waals surface area contributed by atoms with Gasteiger partial charge in [0.2, 0.25) is 0 Å². The van der Waals surface area contributed by atoms with E-state index in [0.29, 0.717) is 28.5 Å². The fraction of sp³-hybridized carbons (Fsp3) is 0.286. The summed E-state index contributed by atoms with van der Waals surface area (Å²) in [6, 6.07) is 13.6. The van der Waals surface area contributed by atoms with Gasteiger partial charge in [-0.15, -0.1) is 0 Å². The van der Waals surface area contributed by atoms with Gasteiger partial charge in [-0.3, -0.25) is 14.5 Å². The van der Waals surface area contributed by atoms with Gasteiger partial charge in [0.1, 0.15) is 29.1 Å². The lowest BCUT2D eigenvalue weighted by molar-refractivity contribution is -0.132. The van der Waals surface area contributed by atoms with E-state index in [2.05, 4.69) is 0 Å². The number of aliphatic hydroxyl groups excluding tert-OH is 1. The summed E-state index contributed by atoms with van der Waals surface area (Å²) >= 11 is 0. The molecule has 1 saturated heterocycles. The summed E-state index contributed by atoms with van der Waals surface area (Å²) in [5, 5.41) is 11.3. The third-order valence-corrected chi connectivity index (χ3v) is 5.91. The molecule has 1 N–H and O–H groups in total. The van der Waals surface area contributed by atoms with Gasteiger partial charge < -0.3 is 14.3 Å². The van der Waals surface area contributed by atoms with Gasteiger partial charge in [0.05, 0.1) is 11.7 Å². The van der Waals surface area contributed by atoms with Crippen molar-refractivity contribution in [3.8, 4) is 5.75 Å². The highest BCUT2D eigenvalue weighted by Crippen LogP contribution is 2.44. The number of ether oxygens (including phenoxy) is 1. The number of anilines is 1. The molecule has 2 aromatic carbocycles. The Morgan fingerprint density at radius 3 is 2.32 bits per heavy atom. The van der Waals surface area contributed by atoms with E-state index >= 15 is 0 Å². The summed E-state index contributed by atoms with van der Waals surface area (Å²) in [5.41, 5.74) is 3.64. The van der Waals surface area contributed by atoms with Gasteiger partial charge in [-0.25, -0.2) is 0 Å². The maximum absolute atomic E-state index is 13.3. The first-order valence-electron chi connectivity index (χ1n) is 11.3. The zero-order valence-corrected chi connectivity index (χ0v) is 20.3. The van der Waals surface area contributed by atoms with Crippen molar-refractivity contribution in [1.29, 1.82) is 0 Å². The standard InChI is InChI=1S/C28H29NO5/c1-15(2)33-22-12-10-20(14-18(22)5)26(30)24-25(23-11-9-19(6)34-23)29(28(32)27(24)31)21-13-16(3)7-8-17(21)4/h7-15,25,30H,1-6H3/b26-24-. The molecule has 0 spiro atoms. The van der Waals surface area contributed by atoms with Crippen LogP contribution in [0.3, 0.4) is 0 Å². The third-order valence-electron chi connectivity index (χ3n) is 5.91. The van der Waals surface area contributed by atoms with Gasteiger partial charge in [0.25, 0.3) is 11.7 Å². The van der Waals surface area contributed by atoms with Gasteiger partial charge in [-0.1, -0.05) is 12.1 Å². The number of aryl methyl sites for hydroxylation is 4. The molecule has 0 saturated carbocycles. The molecule has 34 heavy (non-hydrogen) atoms. The van der Waals surface area contributed by atoms with Crippen molar-refractivity contribution in [1.82, 2.24) is 0 Å². The average molecular weight is 460 g/mol. The summed E-state index contributed by atoms with van der Waals surface area (Å²) < 4.78 is 11.7. The topological polar surface area (TPSA) is 80.0 Å². The Balaban J connectivity index is 1.91. The molecule has 0 radical (unpaired) electrons. The maximum Gasteiger partial charge on any atom is 0.300 e. The number of benzene rings is 2. The van der Waals surface area contributed by atoms with E-state index < -0.39 is 17.7 Å². The first-order valence-corrected chi connectivity index (χ1v) is 11.3. The summed E-state index contributed by atoms with van der Waals surface area (Å²) in [5.74, 6) is 0.0524. The van der Waals surface area contributed by atoms with E-state index in [1.54, 1.807) is 37.3 Å². The minimum Gasteiger partial charge on any atom is -0.507 e. The number of Topliss-reactive ketones (excluding diaryl/α,β-unsaturated/α-hetero) is 1. The highest BCUT2D eigenvalue weighted by atomic mass is 16.5. The second-order valence-electron chi connectivity index (χ2n) is 9.05. The van der Waals surface area contributed by atoms with Crippen molar-refractivity contribution in [3.63, 3.8) is 0 Å². The van der Waals surface area contributed by atoms with Gasteiger partial charge in [-0.2, -0.15) is 0 Å². The smallest absolute Gasteiger partial charge is 0.300 e. The second-order valence-corrected chi connectivity index (χ2v) is 9.05. The predicted molar refractivity (Wildman–Crippen MR) is 131 cm³/mol. The minimum absolute atomic E-state index is 0.00261. The Morgan fingerprint density at radius 2 is 1.71 bits per heavy atom. The van der Waals surface area contributed by atoms with Crippen molar-refractivity contribution < 1.29 is 23.8 Å². The number of furan rings is 1. The molecule has 0 bridgehead atoms. The highest BCUT2D eigenvalue weighted by molar-refractivity contribution is 6.51. The highest BCUT2D eigenvalue weighted by Gasteiger charge is 2.48. The van der Waals surface area contributed by atoms with Crippen LogP contribution in [0.5, 0.6) is 5.75 Å². The van der Waals surface area contributed by atoms with E-state index in [1.807, 2.05) is 52.8 Å². The lowest BCUT2D eigenvalue weighted by atomic mass is 9.98. The van der Waals surface area contributed by atoms with Crippen LogP contribution in [-0.2, 0) is 9.59 Å². The van der Waals surface area contributed by atoms with Crippen LogP contribution >= 0.6 is 0 Å². The molecule has 0 aliphatic carbocycles. The normalized spacial score (nSPS) is 17.6. The lowest BCUT2D eigenvalue weighted by Gasteiger charge is -2.25. The van der Waals surface area contributed by atoms with Crippen LogP contribution in [0.15, 0.2) is 58.5 Å². The molecule has 6 heteroatoms. The summed E-state index contributed by atoms with van der Waals surface area (Å²) in [6.07, 6.45) is 0.00299. The van der Waals surface area contributed by atoms with Crippen molar-refractivity contribution >= 4 is 23.1 Å². The monoisotopic (exact) mass is 459 g/mol. The number of aliphatic hydroxyl groups is 1. The van der Waals surface area contributed by atoms with Crippen molar-refractivity contribution in [2.24, 2.45) is 0 Å². The molecular formula is C28H29NO5. The predicted octanol–water partition coefficient (Wildman–Crippen LogP) is 5.93. The van der Waals surface area contributed by atoms with E-state index in [9.17, 15) is 14.7 Å². The summed E-state index contributed by atoms with van der Waals surface area (Å²) in [7, 11) is 0. The number of amides is 1. The first-order chi connectivity index (χ1) is 16.1. The second kappa shape index (κ2) is 8.86. The van der Waals surface area contributed by atoms with Crippen molar-refractivity contribution in [3.05, 3.63) is 87.9 Å². The summed E-state index contributed by atoms with van der Waals surface area (Å²) in [6.45, 7) is 11.4. The van der Waals surface area contributed by atoms with Crippen LogP contribution in [0.1, 0.15) is 53.7 Å². The molecule has 1 aromatic heterocycles. The number of nitrogens with zero attached hydrogens (tertiary/aromatic N) is 1. The molecule has 176 valence electrons. The Hall–Kier alpha value is -3.80. The van der Waals surface area contributed by atoms with Gasteiger partial charge in [0.15, 0.2) is 0 Å². The fourth-order valence-corrected chi connectivity index (χ4v) is 4.27. The van der Waals surface area contributed by atoms with Crippen molar-refractivity contribution in [2.75, 3.05) is 4.90 Å². The molecule has 1 unspecified atom stereocenters. The largest absolute Gasteiger partial charge is 0.507 e. The molecule has 4 rings (SSSR count). The van der Waals surface area contributed by atoms with Crippen LogP contribution in [0, 0.1) is 27.7 Å². The average Bonchev–Trinajstić information content (AvgIpc) is 3.31. The van der Waals surface area contributed by atoms with Crippen LogP contribution in [0.4, 0.5) is 5.69 Å². The number of hydrogen-bond acceptors (Lipinski definition) is 5. The van der Waals surface area contributed by atoms with E-state index in [4.69, 9.17) is 9.15 Å². The number of ketones is 1. The number of carbonyl (C=O) groups is 2. The lowest BCUT2D eigenvalue weighted by Crippen LogP contribution is -2.30. The quantitative estimate of drug-likeness (QED) is 0.291. The number of rotatable bonds is 5. The third kappa shape index (κ3) is 4.12. The van der Waals surface area contributed by atoms with Gasteiger partial charge >= 0.3 is 0 Å². The van der Waals surface area contributed by atoms with Crippen LogP contribution in [-0.4, -0.2) is 22.9 Å². The molecule has 1 fully saturated rings.